The molecule has 17 heteroatoms. The minimum absolute atomic E-state index is 0.0438. The molecule has 0 aromatic carbocycles. The first-order chi connectivity index (χ1) is 18.0. The van der Waals surface area contributed by atoms with Gasteiger partial charge in [0, 0.05) is 19.1 Å². The SMILES string of the molecule is NCCO[C@@H](O)C(O)C1OC(O)([C@H]2OC(CO)[C@@H](O)C(O[C@H]3OC(CO)[C@@H](O)C(O)C3O)C2O)[C@@H]1CCO. The van der Waals surface area contributed by atoms with E-state index in [0.29, 0.717) is 0 Å². The predicted octanol–water partition coefficient (Wildman–Crippen LogP) is -7.61. The summed E-state index contributed by atoms with van der Waals surface area (Å²) in [4.78, 5) is 0. The Morgan fingerprint density at radius 3 is 2.05 bits per heavy atom. The van der Waals surface area contributed by atoms with E-state index in [0.717, 1.165) is 0 Å². The van der Waals surface area contributed by atoms with E-state index in [1.807, 2.05) is 0 Å². The van der Waals surface area contributed by atoms with Gasteiger partial charge < -0.3 is 85.6 Å². The maximum absolute atomic E-state index is 11.3. The Hall–Kier alpha value is -0.680. The molecular weight excluding hydrogens is 522 g/mol. The van der Waals surface area contributed by atoms with Gasteiger partial charge in [0.1, 0.15) is 67.1 Å². The summed E-state index contributed by atoms with van der Waals surface area (Å²) < 4.78 is 26.7. The van der Waals surface area contributed by atoms with Crippen molar-refractivity contribution in [1.29, 1.82) is 0 Å². The number of aliphatic hydroxyl groups excluding tert-OH is 10. The van der Waals surface area contributed by atoms with Gasteiger partial charge in [0.05, 0.1) is 19.8 Å². The zero-order valence-electron chi connectivity index (χ0n) is 20.4. The van der Waals surface area contributed by atoms with Gasteiger partial charge >= 0.3 is 0 Å². The molecule has 0 aliphatic carbocycles. The fourth-order valence-corrected chi connectivity index (χ4v) is 5.02. The van der Waals surface area contributed by atoms with E-state index in [1.165, 1.54) is 0 Å². The van der Waals surface area contributed by atoms with Crippen LogP contribution in [0.15, 0.2) is 0 Å². The number of rotatable bonds is 12. The summed E-state index contributed by atoms with van der Waals surface area (Å²) in [6, 6.07) is 0. The average molecular weight is 562 g/mol. The lowest BCUT2D eigenvalue weighted by Crippen LogP contribution is -2.77. The number of aliphatic hydroxyl groups is 11. The van der Waals surface area contributed by atoms with Gasteiger partial charge in [-0.25, -0.2) is 0 Å². The van der Waals surface area contributed by atoms with E-state index in [-0.39, 0.29) is 19.6 Å². The molecule has 0 radical (unpaired) electrons. The van der Waals surface area contributed by atoms with Gasteiger partial charge in [-0.2, -0.15) is 0 Å². The van der Waals surface area contributed by atoms with E-state index in [4.69, 9.17) is 29.4 Å². The van der Waals surface area contributed by atoms with Crippen LogP contribution in [-0.4, -0.2) is 175 Å². The lowest BCUT2D eigenvalue weighted by Gasteiger charge is -2.59. The number of ether oxygens (including phenoxy) is 5. The van der Waals surface area contributed by atoms with Gasteiger partial charge in [-0.1, -0.05) is 0 Å². The van der Waals surface area contributed by atoms with Gasteiger partial charge in [0.15, 0.2) is 12.6 Å². The van der Waals surface area contributed by atoms with E-state index >= 15 is 0 Å². The maximum Gasteiger partial charge on any atom is 0.200 e. The second-order valence-corrected chi connectivity index (χ2v) is 9.55. The minimum atomic E-state index is -2.44. The Morgan fingerprint density at radius 2 is 1.47 bits per heavy atom. The normalized spacial score (nSPS) is 47.4. The molecule has 3 rings (SSSR count). The highest BCUT2D eigenvalue weighted by atomic mass is 16.7. The zero-order valence-corrected chi connectivity index (χ0v) is 20.4. The largest absolute Gasteiger partial charge is 0.396 e. The predicted molar refractivity (Wildman–Crippen MR) is 118 cm³/mol. The van der Waals surface area contributed by atoms with E-state index in [2.05, 4.69) is 0 Å². The zero-order chi connectivity index (χ0) is 28.4. The van der Waals surface area contributed by atoms with Gasteiger partial charge in [-0.05, 0) is 6.42 Å². The molecule has 15 atom stereocenters. The summed E-state index contributed by atoms with van der Waals surface area (Å²) in [7, 11) is 0. The molecule has 3 heterocycles. The molecule has 0 amide bonds. The van der Waals surface area contributed by atoms with Crippen LogP contribution in [-0.2, 0) is 23.7 Å². The third-order valence-electron chi connectivity index (χ3n) is 7.14. The highest BCUT2D eigenvalue weighted by Crippen LogP contribution is 2.48. The van der Waals surface area contributed by atoms with E-state index in [1.54, 1.807) is 0 Å². The van der Waals surface area contributed by atoms with Crippen LogP contribution in [0.2, 0.25) is 0 Å². The monoisotopic (exact) mass is 561 g/mol. The van der Waals surface area contributed by atoms with Crippen molar-refractivity contribution in [2.45, 2.75) is 91.9 Å². The van der Waals surface area contributed by atoms with Gasteiger partial charge in [-0.15, -0.1) is 0 Å². The van der Waals surface area contributed by atoms with E-state index < -0.39 is 111 Å². The highest BCUT2D eigenvalue weighted by molar-refractivity contribution is 5.08. The van der Waals surface area contributed by atoms with Crippen LogP contribution in [0, 0.1) is 5.92 Å². The summed E-state index contributed by atoms with van der Waals surface area (Å²) in [5, 5.41) is 112. The van der Waals surface area contributed by atoms with Crippen LogP contribution < -0.4 is 5.73 Å². The average Bonchev–Trinajstić information content (AvgIpc) is 2.90. The quantitative estimate of drug-likeness (QED) is 0.0984. The summed E-state index contributed by atoms with van der Waals surface area (Å²) in [5.41, 5.74) is 5.30. The van der Waals surface area contributed by atoms with Crippen molar-refractivity contribution in [2.75, 3.05) is 33.0 Å². The Kier molecular flexibility index (Phi) is 11.2. The highest BCUT2D eigenvalue weighted by Gasteiger charge is 2.67. The molecule has 9 unspecified atom stereocenters. The molecule has 0 spiro atoms. The smallest absolute Gasteiger partial charge is 0.200 e. The first-order valence-corrected chi connectivity index (χ1v) is 12.2. The molecule has 13 N–H and O–H groups in total. The molecule has 0 bridgehead atoms. The molecule has 3 fully saturated rings. The molecule has 3 saturated heterocycles. The van der Waals surface area contributed by atoms with Gasteiger partial charge in [-0.3, -0.25) is 0 Å². The molecule has 3 aliphatic rings. The van der Waals surface area contributed by atoms with Crippen molar-refractivity contribution in [1.82, 2.24) is 0 Å². The van der Waals surface area contributed by atoms with Gasteiger partial charge in [0.2, 0.25) is 5.79 Å². The molecule has 0 saturated carbocycles. The third-order valence-corrected chi connectivity index (χ3v) is 7.14. The Labute approximate surface area is 217 Å². The summed E-state index contributed by atoms with van der Waals surface area (Å²) >= 11 is 0. The summed E-state index contributed by atoms with van der Waals surface area (Å²) in [6.45, 7) is -2.18. The number of hydrogen-bond donors (Lipinski definition) is 12. The van der Waals surface area contributed by atoms with Crippen LogP contribution >= 0.6 is 0 Å². The minimum Gasteiger partial charge on any atom is -0.396 e. The number of nitrogens with two attached hydrogens (primary N) is 1. The molecule has 0 aromatic heterocycles. The van der Waals surface area contributed by atoms with Crippen LogP contribution in [0.5, 0.6) is 0 Å². The molecule has 3 aliphatic heterocycles. The van der Waals surface area contributed by atoms with Crippen molar-refractivity contribution in [3.63, 3.8) is 0 Å². The fourth-order valence-electron chi connectivity index (χ4n) is 5.02. The second kappa shape index (κ2) is 13.3. The van der Waals surface area contributed by atoms with Crippen LogP contribution in [0.1, 0.15) is 6.42 Å². The Bertz CT molecular complexity index is 735. The Morgan fingerprint density at radius 1 is 0.842 bits per heavy atom. The van der Waals surface area contributed by atoms with Crippen molar-refractivity contribution in [3.05, 3.63) is 0 Å². The summed E-state index contributed by atoms with van der Waals surface area (Å²) in [6.07, 6.45) is -22.3. The lowest BCUT2D eigenvalue weighted by atomic mass is 9.74. The number of hydrogen-bond acceptors (Lipinski definition) is 17. The van der Waals surface area contributed by atoms with Gasteiger partial charge in [0.25, 0.3) is 0 Å². The summed E-state index contributed by atoms with van der Waals surface area (Å²) in [5.74, 6) is -3.60. The first kappa shape index (κ1) is 31.8. The molecule has 0 aromatic rings. The second-order valence-electron chi connectivity index (χ2n) is 9.55. The lowest BCUT2D eigenvalue weighted by molar-refractivity contribution is -0.449. The molecule has 17 nitrogen and oxygen atoms in total. The molecule has 224 valence electrons. The van der Waals surface area contributed by atoms with Crippen molar-refractivity contribution in [3.8, 4) is 0 Å². The Balaban J connectivity index is 1.82. The van der Waals surface area contributed by atoms with E-state index in [9.17, 15) is 56.2 Å². The standard InChI is InChI=1S/C21H39NO16/c22-2-4-34-19(32)15(31)16-7(1-3-23)21(33,38-16)18-14(30)17(11(27)9(6-25)35-18)37-20-13(29)12(28)10(26)8(5-24)36-20/h7-20,23-33H,1-6,22H2/t7-,8?,9?,10-,11-,12?,13?,14?,15?,16?,17?,18+,19-,20-,21?/m1/s1. The maximum atomic E-state index is 11.3. The van der Waals surface area contributed by atoms with Crippen LogP contribution in [0.25, 0.3) is 0 Å². The van der Waals surface area contributed by atoms with Crippen LogP contribution in [0.4, 0.5) is 0 Å². The topological polar surface area (TPSA) is 295 Å². The van der Waals surface area contributed by atoms with Crippen molar-refractivity contribution in [2.24, 2.45) is 11.7 Å². The first-order valence-electron chi connectivity index (χ1n) is 12.2. The molecular formula is C21H39NO16. The fraction of sp³-hybridized carbons (Fsp3) is 1.00. The molecule has 38 heavy (non-hydrogen) atoms. The van der Waals surface area contributed by atoms with Crippen LogP contribution in [0.3, 0.4) is 0 Å². The third kappa shape index (κ3) is 5.99. The van der Waals surface area contributed by atoms with Crippen molar-refractivity contribution >= 4 is 0 Å². The van der Waals surface area contributed by atoms with Crippen molar-refractivity contribution < 1.29 is 79.9 Å².